The highest BCUT2D eigenvalue weighted by Gasteiger charge is 2.34. The summed E-state index contributed by atoms with van der Waals surface area (Å²) < 4.78 is 41.4. The maximum atomic E-state index is 13.5. The molecule has 1 aliphatic heterocycles. The summed E-state index contributed by atoms with van der Waals surface area (Å²) in [4.78, 5) is 28.1. The molecule has 0 unspecified atom stereocenters. The predicted octanol–water partition coefficient (Wildman–Crippen LogP) is 4.31. The first-order valence-electron chi connectivity index (χ1n) is 9.08. The quantitative estimate of drug-likeness (QED) is 0.607. The van der Waals surface area contributed by atoms with E-state index in [1.54, 1.807) is 23.9 Å². The molecule has 0 radical (unpaired) electrons. The van der Waals surface area contributed by atoms with E-state index in [0.717, 1.165) is 21.7 Å². The number of nitrogens with zero attached hydrogens (tertiary/aromatic N) is 3. The average molecular weight is 431 g/mol. The number of aryl methyl sites for hydroxylation is 1. The Kier molecular flexibility index (Phi) is 5.15. The van der Waals surface area contributed by atoms with Crippen LogP contribution in [0, 0.1) is 6.92 Å². The van der Waals surface area contributed by atoms with Gasteiger partial charge in [0.1, 0.15) is 0 Å². The van der Waals surface area contributed by atoms with Crippen LogP contribution in [-0.2, 0) is 6.18 Å². The second kappa shape index (κ2) is 7.64. The van der Waals surface area contributed by atoms with Crippen LogP contribution < -0.4 is 10.3 Å². The number of alkyl halides is 3. The van der Waals surface area contributed by atoms with Gasteiger partial charge in [-0.2, -0.15) is 18.3 Å². The summed E-state index contributed by atoms with van der Waals surface area (Å²) >= 11 is 1.59. The largest absolute Gasteiger partial charge is 0.418 e. The zero-order chi connectivity index (χ0) is 21.5. The summed E-state index contributed by atoms with van der Waals surface area (Å²) in [5.41, 5.74) is -1.34. The van der Waals surface area contributed by atoms with Crippen molar-refractivity contribution in [3.05, 3.63) is 81.8 Å². The highest BCUT2D eigenvalue weighted by atomic mass is 32.2. The van der Waals surface area contributed by atoms with Crippen molar-refractivity contribution in [1.29, 1.82) is 0 Å². The zero-order valence-electron chi connectivity index (χ0n) is 15.8. The average Bonchev–Trinajstić information content (AvgIpc) is 2.72. The standard InChI is InChI=1S/C21H16F3N3O2S/c1-13-12-17(28)19(20(29)26-10-11-30-18-9-5-4-8-16(18)26)25-27(13)15-7-3-2-6-14(15)21(22,23)24/h2-9,12H,10-11H2,1H3. The molecule has 30 heavy (non-hydrogen) atoms. The Labute approximate surface area is 174 Å². The second-order valence-electron chi connectivity index (χ2n) is 6.70. The van der Waals surface area contributed by atoms with Crippen LogP contribution in [0.4, 0.5) is 18.9 Å². The van der Waals surface area contributed by atoms with E-state index >= 15 is 0 Å². The third-order valence-electron chi connectivity index (χ3n) is 4.72. The van der Waals surface area contributed by atoms with Crippen LogP contribution >= 0.6 is 11.8 Å². The Bertz CT molecular complexity index is 1190. The highest BCUT2D eigenvalue weighted by Crippen LogP contribution is 2.35. The lowest BCUT2D eigenvalue weighted by atomic mass is 10.1. The number of thioether (sulfide) groups is 1. The molecule has 9 heteroatoms. The molecule has 0 aliphatic carbocycles. The van der Waals surface area contributed by atoms with Crippen LogP contribution in [0.1, 0.15) is 21.7 Å². The van der Waals surface area contributed by atoms with Gasteiger partial charge >= 0.3 is 6.18 Å². The Morgan fingerprint density at radius 1 is 1.07 bits per heavy atom. The summed E-state index contributed by atoms with van der Waals surface area (Å²) in [6.45, 7) is 1.84. The van der Waals surface area contributed by atoms with Crippen molar-refractivity contribution in [1.82, 2.24) is 9.78 Å². The van der Waals surface area contributed by atoms with Crippen LogP contribution in [0.15, 0.2) is 64.3 Å². The molecule has 4 rings (SSSR count). The van der Waals surface area contributed by atoms with Gasteiger partial charge in [0.25, 0.3) is 5.91 Å². The monoisotopic (exact) mass is 431 g/mol. The molecule has 0 atom stereocenters. The van der Waals surface area contributed by atoms with Crippen LogP contribution in [0.25, 0.3) is 5.69 Å². The number of carbonyl (C=O) groups excluding carboxylic acids is 1. The summed E-state index contributed by atoms with van der Waals surface area (Å²) in [5, 5.41) is 4.07. The van der Waals surface area contributed by atoms with E-state index in [2.05, 4.69) is 5.10 Å². The van der Waals surface area contributed by atoms with Crippen molar-refractivity contribution in [2.24, 2.45) is 0 Å². The smallest absolute Gasteiger partial charge is 0.305 e. The number of hydrogen-bond donors (Lipinski definition) is 0. The number of anilines is 1. The van der Waals surface area contributed by atoms with Gasteiger partial charge in [-0.05, 0) is 31.2 Å². The molecule has 3 aromatic rings. The first-order valence-corrected chi connectivity index (χ1v) is 10.1. The summed E-state index contributed by atoms with van der Waals surface area (Å²) in [6, 6.07) is 13.3. The molecule has 0 spiro atoms. The molecular formula is C21H16F3N3O2S. The third kappa shape index (κ3) is 3.60. The number of halogens is 3. The fraction of sp³-hybridized carbons (Fsp3) is 0.190. The third-order valence-corrected chi connectivity index (χ3v) is 5.76. The fourth-order valence-electron chi connectivity index (χ4n) is 3.35. The number of fused-ring (bicyclic) bond motifs is 1. The molecule has 154 valence electrons. The van der Waals surface area contributed by atoms with Crippen molar-refractivity contribution in [3.63, 3.8) is 0 Å². The van der Waals surface area contributed by atoms with E-state index in [4.69, 9.17) is 0 Å². The van der Waals surface area contributed by atoms with E-state index in [9.17, 15) is 22.8 Å². The molecule has 2 heterocycles. The lowest BCUT2D eigenvalue weighted by Gasteiger charge is -2.28. The first-order chi connectivity index (χ1) is 14.3. The van der Waals surface area contributed by atoms with Crippen LogP contribution in [0.2, 0.25) is 0 Å². The number of benzene rings is 2. The maximum Gasteiger partial charge on any atom is 0.418 e. The SMILES string of the molecule is Cc1cc(=O)c(C(=O)N2CCSc3ccccc32)nn1-c1ccccc1C(F)(F)F. The Morgan fingerprint density at radius 3 is 2.47 bits per heavy atom. The van der Waals surface area contributed by atoms with E-state index < -0.39 is 28.8 Å². The van der Waals surface area contributed by atoms with Gasteiger partial charge in [-0.3, -0.25) is 9.59 Å². The summed E-state index contributed by atoms with van der Waals surface area (Å²) in [5.74, 6) is 0.00526. The Balaban J connectivity index is 1.84. The van der Waals surface area contributed by atoms with Crippen LogP contribution in [0.3, 0.4) is 0 Å². The fourth-order valence-corrected chi connectivity index (χ4v) is 4.34. The molecule has 0 fully saturated rings. The molecule has 0 saturated carbocycles. The van der Waals surface area contributed by atoms with E-state index in [-0.39, 0.29) is 11.4 Å². The minimum Gasteiger partial charge on any atom is -0.305 e. The summed E-state index contributed by atoms with van der Waals surface area (Å²) in [6.07, 6.45) is -4.61. The topological polar surface area (TPSA) is 55.2 Å². The van der Waals surface area contributed by atoms with Gasteiger partial charge in [0.05, 0.1) is 16.9 Å². The first kappa shape index (κ1) is 20.2. The number of carbonyl (C=O) groups is 1. The van der Waals surface area contributed by atoms with Crippen LogP contribution in [0.5, 0.6) is 0 Å². The van der Waals surface area contributed by atoms with Crippen molar-refractivity contribution < 1.29 is 18.0 Å². The second-order valence-corrected chi connectivity index (χ2v) is 7.84. The van der Waals surface area contributed by atoms with Crippen molar-refractivity contribution in [2.75, 3.05) is 17.2 Å². The zero-order valence-corrected chi connectivity index (χ0v) is 16.6. The van der Waals surface area contributed by atoms with Gasteiger partial charge in [-0.1, -0.05) is 24.3 Å². The Hall–Kier alpha value is -3.07. The van der Waals surface area contributed by atoms with Crippen molar-refractivity contribution in [3.8, 4) is 5.69 Å². The lowest BCUT2D eigenvalue weighted by Crippen LogP contribution is -2.39. The predicted molar refractivity (Wildman–Crippen MR) is 108 cm³/mol. The number of hydrogen-bond acceptors (Lipinski definition) is 4. The Morgan fingerprint density at radius 2 is 1.73 bits per heavy atom. The van der Waals surface area contributed by atoms with Gasteiger partial charge in [0, 0.05) is 29.0 Å². The van der Waals surface area contributed by atoms with Gasteiger partial charge < -0.3 is 4.90 Å². The molecule has 5 nitrogen and oxygen atoms in total. The van der Waals surface area contributed by atoms with Gasteiger partial charge in [0.2, 0.25) is 5.43 Å². The minimum absolute atomic E-state index is 0.197. The maximum absolute atomic E-state index is 13.5. The van der Waals surface area contributed by atoms with E-state index in [1.807, 2.05) is 12.1 Å². The van der Waals surface area contributed by atoms with Gasteiger partial charge in [-0.15, -0.1) is 11.8 Å². The number of para-hydroxylation sites is 2. The molecule has 1 aliphatic rings. The lowest BCUT2D eigenvalue weighted by molar-refractivity contribution is -0.137. The minimum atomic E-state index is -4.61. The van der Waals surface area contributed by atoms with E-state index in [0.29, 0.717) is 18.0 Å². The van der Waals surface area contributed by atoms with Crippen LogP contribution in [-0.4, -0.2) is 28.0 Å². The van der Waals surface area contributed by atoms with Crippen molar-refractivity contribution in [2.45, 2.75) is 18.0 Å². The van der Waals surface area contributed by atoms with Crippen molar-refractivity contribution >= 4 is 23.4 Å². The van der Waals surface area contributed by atoms with Gasteiger partial charge in [-0.25, -0.2) is 4.68 Å². The summed E-state index contributed by atoms with van der Waals surface area (Å²) in [7, 11) is 0. The number of rotatable bonds is 2. The normalized spacial score (nSPS) is 13.8. The number of aromatic nitrogens is 2. The molecular weight excluding hydrogens is 415 g/mol. The molecule has 2 aromatic carbocycles. The number of amides is 1. The highest BCUT2D eigenvalue weighted by molar-refractivity contribution is 7.99. The van der Waals surface area contributed by atoms with Gasteiger partial charge in [0.15, 0.2) is 5.69 Å². The molecule has 1 aromatic heterocycles. The molecule has 0 bridgehead atoms. The molecule has 0 saturated heterocycles. The van der Waals surface area contributed by atoms with E-state index in [1.165, 1.54) is 30.0 Å². The molecule has 0 N–H and O–H groups in total. The molecule has 1 amide bonds.